The van der Waals surface area contributed by atoms with Gasteiger partial charge in [0.25, 0.3) is 0 Å². The van der Waals surface area contributed by atoms with E-state index in [0.29, 0.717) is 11.5 Å². The van der Waals surface area contributed by atoms with Crippen LogP contribution in [0.1, 0.15) is 23.2 Å². The number of hydrogen-bond donors (Lipinski definition) is 0. The second kappa shape index (κ2) is 7.87. The summed E-state index contributed by atoms with van der Waals surface area (Å²) < 4.78 is 10.6. The van der Waals surface area contributed by atoms with Crippen molar-refractivity contribution in [3.05, 3.63) is 59.7 Å². The Bertz CT molecular complexity index is 1180. The van der Waals surface area contributed by atoms with Crippen molar-refractivity contribution in [1.82, 2.24) is 19.8 Å². The maximum absolute atomic E-state index is 13.5. The van der Waals surface area contributed by atoms with Gasteiger partial charge in [-0.2, -0.15) is 0 Å². The van der Waals surface area contributed by atoms with Gasteiger partial charge in [0, 0.05) is 14.1 Å². The van der Waals surface area contributed by atoms with Crippen molar-refractivity contribution in [1.29, 1.82) is 0 Å². The van der Waals surface area contributed by atoms with E-state index >= 15 is 0 Å². The Hall–Kier alpha value is -3.76. The number of carbonyl (C=O) groups is 4. The molecular weight excluding hydrogens is 464 g/mol. The lowest BCUT2D eigenvalue weighted by Crippen LogP contribution is -2.49. The summed E-state index contributed by atoms with van der Waals surface area (Å²) in [5, 5.41) is 3.67. The van der Waals surface area contributed by atoms with E-state index in [1.54, 1.807) is 38.5 Å². The van der Waals surface area contributed by atoms with Crippen molar-refractivity contribution in [2.75, 3.05) is 28.3 Å². The summed E-state index contributed by atoms with van der Waals surface area (Å²) >= 11 is 0. The van der Waals surface area contributed by atoms with Crippen LogP contribution in [0.2, 0.25) is 0 Å². The van der Waals surface area contributed by atoms with Gasteiger partial charge in [0.1, 0.15) is 23.6 Å². The summed E-state index contributed by atoms with van der Waals surface area (Å²) in [6.45, 7) is 0. The first-order valence-electron chi connectivity index (χ1n) is 11.8. The second-order valence-corrected chi connectivity index (χ2v) is 9.61. The summed E-state index contributed by atoms with van der Waals surface area (Å²) in [4.78, 5) is 56.1. The Kier molecular flexibility index (Phi) is 4.96. The minimum absolute atomic E-state index is 0.296. The van der Waals surface area contributed by atoms with Gasteiger partial charge in [0.05, 0.1) is 38.1 Å². The second-order valence-electron chi connectivity index (χ2n) is 9.61. The fraction of sp³-hybridized carbons (Fsp3) is 0.385. The Labute approximate surface area is 207 Å². The van der Waals surface area contributed by atoms with Gasteiger partial charge in [0.2, 0.25) is 23.6 Å². The van der Waals surface area contributed by atoms with Gasteiger partial charge in [-0.3, -0.25) is 29.0 Å². The monoisotopic (exact) mass is 490 g/mol. The number of fused-ring (bicyclic) bond motifs is 5. The molecule has 4 saturated heterocycles. The number of carbonyl (C=O) groups excluding carboxylic acids is 4. The zero-order chi connectivity index (χ0) is 25.5. The molecule has 4 heterocycles. The number of benzene rings is 2. The predicted octanol–water partition coefficient (Wildman–Crippen LogP) is 0.999. The molecule has 0 spiro atoms. The van der Waals surface area contributed by atoms with Gasteiger partial charge < -0.3 is 9.47 Å². The molecule has 10 nitrogen and oxygen atoms in total. The average molecular weight is 491 g/mol. The van der Waals surface area contributed by atoms with Gasteiger partial charge in [-0.1, -0.05) is 24.3 Å². The van der Waals surface area contributed by atoms with E-state index in [-0.39, 0.29) is 23.6 Å². The van der Waals surface area contributed by atoms with Crippen LogP contribution in [0.4, 0.5) is 0 Å². The van der Waals surface area contributed by atoms with Crippen LogP contribution < -0.4 is 9.47 Å². The molecule has 2 aromatic rings. The van der Waals surface area contributed by atoms with E-state index in [4.69, 9.17) is 9.47 Å². The molecule has 36 heavy (non-hydrogen) atoms. The highest BCUT2D eigenvalue weighted by molar-refractivity contribution is 6.10. The van der Waals surface area contributed by atoms with Crippen molar-refractivity contribution >= 4 is 23.6 Å². The Morgan fingerprint density at radius 2 is 0.861 bits per heavy atom. The molecule has 0 bridgehead atoms. The molecule has 0 aliphatic carbocycles. The van der Waals surface area contributed by atoms with Crippen LogP contribution in [-0.2, 0) is 19.2 Å². The lowest BCUT2D eigenvalue weighted by atomic mass is 9.84. The SMILES string of the molecule is COc1ccc([C@H]2[C@@H]3C(=O)N(C)C(=O)[C@@H]3N3[C@@H](c4ccc(OC)cc4)[C@@H]4C(=O)N(C)C(=O)[C@@H]4N23)cc1. The van der Waals surface area contributed by atoms with E-state index in [9.17, 15) is 19.2 Å². The summed E-state index contributed by atoms with van der Waals surface area (Å²) in [7, 11) is 6.11. The van der Waals surface area contributed by atoms with Gasteiger partial charge in [0.15, 0.2) is 0 Å². The van der Waals surface area contributed by atoms with Crippen LogP contribution >= 0.6 is 0 Å². The van der Waals surface area contributed by atoms with Crippen LogP contribution in [0, 0.1) is 11.8 Å². The van der Waals surface area contributed by atoms with E-state index in [2.05, 4.69) is 0 Å². The third-order valence-electron chi connectivity index (χ3n) is 8.08. The number of likely N-dealkylation sites (tertiary alicyclic amines) is 2. The number of methoxy groups -OCH3 is 2. The number of likely N-dealkylation sites (N-methyl/N-ethyl adjacent to an activating group) is 2. The molecule has 0 radical (unpaired) electrons. The van der Waals surface area contributed by atoms with Crippen molar-refractivity contribution in [3.63, 3.8) is 0 Å². The first kappa shape index (κ1) is 22.7. The lowest BCUT2D eigenvalue weighted by molar-refractivity contribution is -0.151. The minimum atomic E-state index is -0.821. The molecular formula is C26H26N4O6. The molecule has 6 atom stereocenters. The fourth-order valence-corrected chi connectivity index (χ4v) is 6.38. The largest absolute Gasteiger partial charge is 0.497 e. The van der Waals surface area contributed by atoms with Gasteiger partial charge >= 0.3 is 0 Å². The third kappa shape index (κ3) is 2.79. The zero-order valence-corrected chi connectivity index (χ0v) is 20.3. The van der Waals surface area contributed by atoms with Crippen molar-refractivity contribution in [3.8, 4) is 11.5 Å². The maximum atomic E-state index is 13.5. The molecule has 0 saturated carbocycles. The number of hydrogen-bond acceptors (Lipinski definition) is 8. The number of imide groups is 2. The number of ether oxygens (including phenoxy) is 2. The van der Waals surface area contributed by atoms with Crippen LogP contribution in [0.15, 0.2) is 48.5 Å². The maximum Gasteiger partial charge on any atom is 0.248 e. The number of hydrazine groups is 1. The van der Waals surface area contributed by atoms with Gasteiger partial charge in [-0.15, -0.1) is 0 Å². The van der Waals surface area contributed by atoms with E-state index in [1.807, 2.05) is 34.3 Å². The third-order valence-corrected chi connectivity index (χ3v) is 8.08. The minimum Gasteiger partial charge on any atom is -0.497 e. The van der Waals surface area contributed by atoms with Crippen molar-refractivity contribution in [2.45, 2.75) is 24.2 Å². The average Bonchev–Trinajstić information content (AvgIpc) is 3.55. The van der Waals surface area contributed by atoms with Crippen molar-refractivity contribution in [2.24, 2.45) is 11.8 Å². The van der Waals surface area contributed by atoms with Crippen LogP contribution in [-0.4, -0.2) is 83.8 Å². The summed E-state index contributed by atoms with van der Waals surface area (Å²) in [6.07, 6.45) is 0. The van der Waals surface area contributed by atoms with E-state index in [0.717, 1.165) is 20.9 Å². The number of rotatable bonds is 4. The highest BCUT2D eigenvalue weighted by atomic mass is 16.5. The molecule has 4 amide bonds. The molecule has 4 fully saturated rings. The van der Waals surface area contributed by atoms with E-state index < -0.39 is 36.0 Å². The molecule has 4 aliphatic heterocycles. The molecule has 6 rings (SSSR count). The first-order valence-corrected chi connectivity index (χ1v) is 11.8. The summed E-state index contributed by atoms with van der Waals surface area (Å²) in [6, 6.07) is 11.7. The summed E-state index contributed by atoms with van der Waals surface area (Å²) in [5.41, 5.74) is 1.54. The molecule has 0 N–H and O–H groups in total. The summed E-state index contributed by atoms with van der Waals surface area (Å²) in [5.74, 6) is -1.39. The molecule has 10 heteroatoms. The standard InChI is InChI=1S/C26H26N4O6/c1-27-23(31)17-19(13-5-9-15(35-3)10-6-13)30-22-18(24(32)28(2)26(22)34)20(29(30)21(17)25(27)33)14-7-11-16(36-4)12-8-14/h5-12,17-22H,1-4H3/t17-,18-,19-,20-,21+,22+/m0/s1. The quantitative estimate of drug-likeness (QED) is 0.586. The zero-order valence-electron chi connectivity index (χ0n) is 20.3. The van der Waals surface area contributed by atoms with E-state index in [1.165, 1.54) is 14.1 Å². The highest BCUT2D eigenvalue weighted by Crippen LogP contribution is 2.58. The molecule has 0 aromatic heterocycles. The molecule has 4 aliphatic rings. The van der Waals surface area contributed by atoms with Crippen LogP contribution in [0.25, 0.3) is 0 Å². The van der Waals surface area contributed by atoms with Crippen LogP contribution in [0.5, 0.6) is 11.5 Å². The highest BCUT2D eigenvalue weighted by Gasteiger charge is 2.72. The molecule has 2 aromatic carbocycles. The van der Waals surface area contributed by atoms with Crippen molar-refractivity contribution < 1.29 is 28.7 Å². The fourth-order valence-electron chi connectivity index (χ4n) is 6.38. The Balaban J connectivity index is 1.55. The Morgan fingerprint density at radius 1 is 0.528 bits per heavy atom. The lowest BCUT2D eigenvalue weighted by Gasteiger charge is -2.35. The molecule has 0 unspecified atom stereocenters. The van der Waals surface area contributed by atoms with Gasteiger partial charge in [-0.05, 0) is 35.4 Å². The van der Waals surface area contributed by atoms with Crippen LogP contribution in [0.3, 0.4) is 0 Å². The van der Waals surface area contributed by atoms with Gasteiger partial charge in [-0.25, -0.2) is 10.0 Å². The smallest absolute Gasteiger partial charge is 0.248 e. The number of nitrogens with zero attached hydrogens (tertiary/aromatic N) is 4. The predicted molar refractivity (Wildman–Crippen MR) is 125 cm³/mol. The molecule has 186 valence electrons. The number of amides is 4. The topological polar surface area (TPSA) is 99.7 Å². The Morgan fingerprint density at radius 3 is 1.17 bits per heavy atom. The normalized spacial score (nSPS) is 31.8. The first-order chi connectivity index (χ1) is 17.3.